The van der Waals surface area contributed by atoms with Crippen molar-refractivity contribution in [1.29, 1.82) is 0 Å². The highest BCUT2D eigenvalue weighted by Gasteiger charge is 2.27. The molecule has 0 saturated heterocycles. The van der Waals surface area contributed by atoms with Crippen LogP contribution in [0.4, 0.5) is 0 Å². The number of hydrogen-bond acceptors (Lipinski definition) is 2. The van der Waals surface area contributed by atoms with Crippen LogP contribution in [0.1, 0.15) is 19.3 Å². The van der Waals surface area contributed by atoms with Crippen molar-refractivity contribution in [3.63, 3.8) is 0 Å². The highest BCUT2D eigenvalue weighted by atomic mass is 35.5. The van der Waals surface area contributed by atoms with Gasteiger partial charge >= 0.3 is 0 Å². The van der Waals surface area contributed by atoms with Crippen LogP contribution in [0.3, 0.4) is 0 Å². The molecule has 1 atom stereocenters. The fourth-order valence-electron chi connectivity index (χ4n) is 1.88. The second-order valence-corrected chi connectivity index (χ2v) is 4.02. The number of halogens is 1. The lowest BCUT2D eigenvalue weighted by Gasteiger charge is -2.25. The van der Waals surface area contributed by atoms with E-state index in [0.717, 1.165) is 11.1 Å². The maximum Gasteiger partial charge on any atom is 0.177 e. The van der Waals surface area contributed by atoms with Crippen molar-refractivity contribution in [2.45, 2.75) is 19.3 Å². The van der Waals surface area contributed by atoms with Gasteiger partial charge in [0, 0.05) is 17.9 Å². The molecular weight excluding hydrogens is 200 g/mol. The molecule has 2 aliphatic rings. The van der Waals surface area contributed by atoms with E-state index in [-0.39, 0.29) is 11.7 Å². The first kappa shape index (κ1) is 9.45. The van der Waals surface area contributed by atoms with Gasteiger partial charge in [0.1, 0.15) is 5.94 Å². The number of rotatable bonds is 0. The molecule has 14 heavy (non-hydrogen) atoms. The second-order valence-electron chi connectivity index (χ2n) is 3.61. The molecule has 0 spiro atoms. The van der Waals surface area contributed by atoms with Crippen molar-refractivity contribution >= 4 is 23.3 Å². The van der Waals surface area contributed by atoms with Crippen LogP contribution >= 0.6 is 11.6 Å². The van der Waals surface area contributed by atoms with Crippen LogP contribution in [0.15, 0.2) is 28.3 Å². The van der Waals surface area contributed by atoms with E-state index < -0.39 is 0 Å². The van der Waals surface area contributed by atoms with Crippen molar-refractivity contribution in [3.8, 4) is 0 Å². The van der Waals surface area contributed by atoms with E-state index in [1.807, 2.05) is 12.0 Å². The van der Waals surface area contributed by atoms with Gasteiger partial charge in [-0.3, -0.25) is 4.79 Å². The highest BCUT2D eigenvalue weighted by Crippen LogP contribution is 2.36. The fraction of sp³-hybridized carbons (Fsp3) is 0.364. The molecule has 2 aliphatic carbocycles. The van der Waals surface area contributed by atoms with Gasteiger partial charge < -0.3 is 0 Å². The average Bonchev–Trinajstić information content (AvgIpc) is 2.19. The molecule has 0 aliphatic heterocycles. The molecule has 2 rings (SSSR count). The van der Waals surface area contributed by atoms with Gasteiger partial charge in [0.15, 0.2) is 5.78 Å². The van der Waals surface area contributed by atoms with E-state index in [1.54, 1.807) is 6.08 Å². The van der Waals surface area contributed by atoms with Gasteiger partial charge in [0.2, 0.25) is 0 Å². The summed E-state index contributed by atoms with van der Waals surface area (Å²) >= 11 is 5.75. The lowest BCUT2D eigenvalue weighted by molar-refractivity contribution is -0.114. The summed E-state index contributed by atoms with van der Waals surface area (Å²) in [6.45, 7) is 0. The molecular formula is C11H9ClO2. The smallest absolute Gasteiger partial charge is 0.177 e. The van der Waals surface area contributed by atoms with Gasteiger partial charge in [-0.05, 0) is 12.8 Å². The molecule has 0 amide bonds. The molecule has 0 bridgehead atoms. The van der Waals surface area contributed by atoms with Gasteiger partial charge in [0.05, 0.1) is 5.03 Å². The summed E-state index contributed by atoms with van der Waals surface area (Å²) in [5.41, 5.74) is 1.85. The zero-order valence-corrected chi connectivity index (χ0v) is 8.30. The molecule has 1 unspecified atom stereocenters. The van der Waals surface area contributed by atoms with Crippen LogP contribution in [-0.4, -0.2) is 11.7 Å². The summed E-state index contributed by atoms with van der Waals surface area (Å²) in [6, 6.07) is 0. The van der Waals surface area contributed by atoms with E-state index >= 15 is 0 Å². The standard InChI is InChI=1S/C11H9ClO2/c12-10-4-9-3-7(6-13)1-2-8(9)5-11(10)14/h2,4,9H,1,3,5H2. The highest BCUT2D eigenvalue weighted by molar-refractivity contribution is 6.43. The largest absolute Gasteiger partial charge is 0.293 e. The van der Waals surface area contributed by atoms with E-state index in [4.69, 9.17) is 11.6 Å². The molecule has 3 heteroatoms. The Hall–Kier alpha value is -1.11. The summed E-state index contributed by atoms with van der Waals surface area (Å²) in [6.07, 6.45) is 5.40. The average molecular weight is 209 g/mol. The first-order valence-corrected chi connectivity index (χ1v) is 4.91. The normalized spacial score (nSPS) is 26.2. The molecule has 0 saturated carbocycles. The minimum absolute atomic E-state index is 0.0206. The zero-order valence-electron chi connectivity index (χ0n) is 7.55. The molecule has 0 aromatic heterocycles. The maximum absolute atomic E-state index is 11.3. The van der Waals surface area contributed by atoms with Gasteiger partial charge in [-0.15, -0.1) is 0 Å². The Bertz CT molecular complexity index is 398. The van der Waals surface area contributed by atoms with Crippen LogP contribution < -0.4 is 0 Å². The third-order valence-electron chi connectivity index (χ3n) is 2.68. The Labute approximate surface area is 86.9 Å². The second kappa shape index (κ2) is 3.56. The van der Waals surface area contributed by atoms with Crippen LogP contribution in [0.2, 0.25) is 0 Å². The fourth-order valence-corrected chi connectivity index (χ4v) is 2.10. The molecule has 2 nitrogen and oxygen atoms in total. The third-order valence-corrected chi connectivity index (χ3v) is 3.01. The topological polar surface area (TPSA) is 34.1 Å². The number of hydrogen-bond donors (Lipinski definition) is 0. The van der Waals surface area contributed by atoms with E-state index in [1.165, 1.54) is 0 Å². The Kier molecular flexibility index (Phi) is 2.40. The molecule has 0 aromatic carbocycles. The number of fused-ring (bicyclic) bond motifs is 1. The molecule has 0 aromatic rings. The first-order valence-electron chi connectivity index (χ1n) is 4.53. The number of ketones is 1. The minimum atomic E-state index is -0.0206. The predicted molar refractivity (Wildman–Crippen MR) is 53.6 cm³/mol. The lowest BCUT2D eigenvalue weighted by atomic mass is 9.79. The predicted octanol–water partition coefficient (Wildman–Crippen LogP) is 2.18. The summed E-state index contributed by atoms with van der Waals surface area (Å²) < 4.78 is 0. The van der Waals surface area contributed by atoms with Crippen LogP contribution in [0.25, 0.3) is 0 Å². The Morgan fingerprint density at radius 3 is 3.00 bits per heavy atom. The van der Waals surface area contributed by atoms with Crippen LogP contribution in [-0.2, 0) is 9.59 Å². The Morgan fingerprint density at radius 2 is 2.29 bits per heavy atom. The summed E-state index contributed by atoms with van der Waals surface area (Å²) in [4.78, 5) is 21.7. The molecule has 0 radical (unpaired) electrons. The van der Waals surface area contributed by atoms with Gasteiger partial charge in [-0.2, -0.15) is 0 Å². The number of carbonyl (C=O) groups is 1. The van der Waals surface area contributed by atoms with Crippen molar-refractivity contribution in [2.75, 3.05) is 0 Å². The zero-order chi connectivity index (χ0) is 10.1. The van der Waals surface area contributed by atoms with Crippen molar-refractivity contribution in [1.82, 2.24) is 0 Å². The van der Waals surface area contributed by atoms with E-state index in [2.05, 4.69) is 0 Å². The van der Waals surface area contributed by atoms with Gasteiger partial charge in [-0.25, -0.2) is 4.79 Å². The third kappa shape index (κ3) is 1.59. The summed E-state index contributed by atoms with van der Waals surface area (Å²) in [5, 5.41) is 0.305. The van der Waals surface area contributed by atoms with Crippen molar-refractivity contribution in [3.05, 3.63) is 28.3 Å². The minimum Gasteiger partial charge on any atom is -0.293 e. The number of Topliss-reactive ketones (excluding diaryl/α,β-unsaturated/α-hetero) is 1. The Balaban J connectivity index is 2.34. The summed E-state index contributed by atoms with van der Waals surface area (Å²) in [5.74, 6) is 2.05. The van der Waals surface area contributed by atoms with E-state index in [0.29, 0.717) is 24.3 Å². The quantitative estimate of drug-likeness (QED) is 0.452. The first-order chi connectivity index (χ1) is 6.70. The van der Waals surface area contributed by atoms with Gasteiger partial charge in [-0.1, -0.05) is 29.3 Å². The molecule has 72 valence electrons. The SMILES string of the molecule is O=C=C1CC=C2CC(=O)C(Cl)=CC2C1. The maximum atomic E-state index is 11.3. The molecule has 0 heterocycles. The van der Waals surface area contributed by atoms with Crippen molar-refractivity contribution in [2.24, 2.45) is 5.92 Å². The monoisotopic (exact) mass is 208 g/mol. The van der Waals surface area contributed by atoms with Crippen LogP contribution in [0, 0.1) is 5.92 Å². The van der Waals surface area contributed by atoms with Gasteiger partial charge in [0.25, 0.3) is 0 Å². The molecule has 0 N–H and O–H groups in total. The summed E-state index contributed by atoms with van der Waals surface area (Å²) in [7, 11) is 0. The van der Waals surface area contributed by atoms with Crippen molar-refractivity contribution < 1.29 is 9.59 Å². The van der Waals surface area contributed by atoms with E-state index in [9.17, 15) is 9.59 Å². The van der Waals surface area contributed by atoms with Crippen LogP contribution in [0.5, 0.6) is 0 Å². The Morgan fingerprint density at radius 1 is 1.50 bits per heavy atom. The molecule has 0 fully saturated rings. The lowest BCUT2D eigenvalue weighted by Crippen LogP contribution is -2.17. The number of carbonyl (C=O) groups excluding carboxylic acids is 2. The number of allylic oxidation sites excluding steroid dienone is 5.